The Labute approximate surface area is 263 Å². The predicted octanol–water partition coefficient (Wildman–Crippen LogP) is 8.02. The van der Waals surface area contributed by atoms with Crippen LogP contribution in [-0.4, -0.2) is 34.4 Å². The second-order valence-electron chi connectivity index (χ2n) is 9.82. The highest BCUT2D eigenvalue weighted by atomic mass is 79.9. The fourth-order valence-electron chi connectivity index (χ4n) is 4.72. The standard InChI is InChI=1S/C31H31BrClN5O3S/c1-5-13-41-28-23(32)15-21(16-25(28)40-4)27-26(29(39)35-22-11-8-9-18(2)14-22)19(3)34-30-36-31(37-38(27)30)42-17-20-10-6-7-12-24(20)33/h6-12,14-16,27H,5,13,17H2,1-4H3,(H,35,39)(H,34,36,37). The summed E-state index contributed by atoms with van der Waals surface area (Å²) in [6.07, 6.45) is 0.855. The summed E-state index contributed by atoms with van der Waals surface area (Å²) in [6.45, 7) is 6.45. The fourth-order valence-corrected chi connectivity index (χ4v) is 6.40. The topological polar surface area (TPSA) is 90.3 Å². The van der Waals surface area contributed by atoms with E-state index in [0.29, 0.717) is 56.9 Å². The van der Waals surface area contributed by atoms with Crippen molar-refractivity contribution in [3.05, 3.63) is 98.1 Å². The van der Waals surface area contributed by atoms with Gasteiger partial charge in [0.2, 0.25) is 11.1 Å². The van der Waals surface area contributed by atoms with Crippen molar-refractivity contribution < 1.29 is 14.3 Å². The lowest BCUT2D eigenvalue weighted by Crippen LogP contribution is -2.31. The maximum atomic E-state index is 13.9. The third kappa shape index (κ3) is 6.45. The first kappa shape index (κ1) is 30.0. The Morgan fingerprint density at radius 1 is 1.17 bits per heavy atom. The maximum Gasteiger partial charge on any atom is 0.255 e. The normalized spacial score (nSPS) is 14.3. The molecule has 11 heteroatoms. The van der Waals surface area contributed by atoms with Crippen molar-refractivity contribution in [2.24, 2.45) is 0 Å². The largest absolute Gasteiger partial charge is 0.493 e. The van der Waals surface area contributed by atoms with Crippen LogP contribution < -0.4 is 20.1 Å². The second-order valence-corrected chi connectivity index (χ2v) is 12.0. The van der Waals surface area contributed by atoms with E-state index in [1.807, 2.05) is 81.4 Å². The molecule has 0 saturated heterocycles. The van der Waals surface area contributed by atoms with Crippen LogP contribution in [0.5, 0.6) is 11.5 Å². The molecule has 5 rings (SSSR count). The third-order valence-corrected chi connectivity index (χ3v) is 8.53. The van der Waals surface area contributed by atoms with Crippen molar-refractivity contribution in [3.8, 4) is 11.5 Å². The Kier molecular flexibility index (Phi) is 9.45. The number of carbonyl (C=O) groups is 1. The summed E-state index contributed by atoms with van der Waals surface area (Å²) >= 11 is 11.5. The number of methoxy groups -OCH3 is 1. The number of fused-ring (bicyclic) bond motifs is 1. The predicted molar refractivity (Wildman–Crippen MR) is 172 cm³/mol. The number of nitrogens with zero attached hydrogens (tertiary/aromatic N) is 3. The van der Waals surface area contributed by atoms with E-state index in [1.165, 1.54) is 11.8 Å². The number of nitrogens with one attached hydrogen (secondary N) is 2. The molecule has 2 N–H and O–H groups in total. The van der Waals surface area contributed by atoms with E-state index in [1.54, 1.807) is 11.8 Å². The SMILES string of the molecule is CCCOc1c(Br)cc(C2C(C(=O)Nc3cccc(C)c3)=C(C)Nc3nc(SCc4ccccc4Cl)nn32)cc1OC. The molecule has 8 nitrogen and oxygen atoms in total. The second kappa shape index (κ2) is 13.2. The first-order chi connectivity index (χ1) is 20.3. The molecule has 1 aromatic heterocycles. The van der Waals surface area contributed by atoms with Gasteiger partial charge >= 0.3 is 0 Å². The number of thioether (sulfide) groups is 1. The fraction of sp³-hybridized carbons (Fsp3) is 0.258. The molecule has 0 saturated carbocycles. The molecule has 4 aromatic rings. The van der Waals surface area contributed by atoms with Gasteiger partial charge in [-0.05, 0) is 83.2 Å². The Bertz CT molecular complexity index is 1660. The van der Waals surface area contributed by atoms with Crippen LogP contribution in [0.25, 0.3) is 0 Å². The number of rotatable bonds is 10. The summed E-state index contributed by atoms with van der Waals surface area (Å²) < 4.78 is 14.2. The zero-order valence-electron chi connectivity index (χ0n) is 23.7. The lowest BCUT2D eigenvalue weighted by atomic mass is 9.94. The molecule has 2 heterocycles. The molecule has 1 aliphatic heterocycles. The number of aryl methyl sites for hydroxylation is 1. The number of aromatic nitrogens is 3. The zero-order chi connectivity index (χ0) is 29.8. The van der Waals surface area contributed by atoms with Crippen molar-refractivity contribution in [1.82, 2.24) is 14.8 Å². The van der Waals surface area contributed by atoms with Gasteiger partial charge in [-0.15, -0.1) is 5.10 Å². The van der Waals surface area contributed by atoms with E-state index in [-0.39, 0.29) is 5.91 Å². The van der Waals surface area contributed by atoms with E-state index < -0.39 is 6.04 Å². The van der Waals surface area contributed by atoms with Crippen molar-refractivity contribution >= 4 is 56.8 Å². The number of anilines is 2. The molecule has 0 fully saturated rings. The summed E-state index contributed by atoms with van der Waals surface area (Å²) in [5.74, 6) is 2.05. The molecule has 1 atom stereocenters. The number of hydrogen-bond acceptors (Lipinski definition) is 7. The van der Waals surface area contributed by atoms with Crippen molar-refractivity contribution in [1.29, 1.82) is 0 Å². The molecule has 1 amide bonds. The van der Waals surface area contributed by atoms with Gasteiger partial charge < -0.3 is 20.1 Å². The quantitative estimate of drug-likeness (QED) is 0.166. The van der Waals surface area contributed by atoms with Crippen molar-refractivity contribution in [2.45, 2.75) is 44.1 Å². The lowest BCUT2D eigenvalue weighted by Gasteiger charge is -2.29. The molecule has 0 spiro atoms. The van der Waals surface area contributed by atoms with Crippen molar-refractivity contribution in [2.75, 3.05) is 24.4 Å². The highest BCUT2D eigenvalue weighted by Gasteiger charge is 2.35. The third-order valence-electron chi connectivity index (χ3n) is 6.69. The smallest absolute Gasteiger partial charge is 0.255 e. The van der Waals surface area contributed by atoms with Gasteiger partial charge in [0.15, 0.2) is 11.5 Å². The van der Waals surface area contributed by atoms with E-state index in [2.05, 4.69) is 26.6 Å². The van der Waals surface area contributed by atoms with Gasteiger partial charge in [0, 0.05) is 22.2 Å². The average Bonchev–Trinajstić information content (AvgIpc) is 3.37. The molecular formula is C31H31BrClN5O3S. The highest BCUT2D eigenvalue weighted by molar-refractivity contribution is 9.10. The van der Waals surface area contributed by atoms with Gasteiger partial charge in [0.05, 0.1) is 23.8 Å². The van der Waals surface area contributed by atoms with E-state index in [9.17, 15) is 4.79 Å². The van der Waals surface area contributed by atoms with Crippen LogP contribution in [0.4, 0.5) is 11.6 Å². The molecule has 3 aromatic carbocycles. The Hall–Kier alpha value is -3.47. The van der Waals surface area contributed by atoms with Gasteiger partial charge in [-0.3, -0.25) is 4.79 Å². The Morgan fingerprint density at radius 2 is 1.98 bits per heavy atom. The van der Waals surface area contributed by atoms with Crippen LogP contribution >= 0.6 is 39.3 Å². The number of carbonyl (C=O) groups excluding carboxylic acids is 1. The number of benzene rings is 3. The number of ether oxygens (including phenoxy) is 2. The minimum atomic E-state index is -0.598. The molecule has 0 aliphatic carbocycles. The van der Waals surface area contributed by atoms with Gasteiger partial charge in [-0.1, -0.05) is 60.6 Å². The first-order valence-electron chi connectivity index (χ1n) is 13.5. The summed E-state index contributed by atoms with van der Waals surface area (Å²) in [7, 11) is 1.60. The lowest BCUT2D eigenvalue weighted by molar-refractivity contribution is -0.113. The van der Waals surface area contributed by atoms with Gasteiger partial charge in [-0.2, -0.15) is 4.98 Å². The van der Waals surface area contributed by atoms with E-state index >= 15 is 0 Å². The monoisotopic (exact) mass is 667 g/mol. The summed E-state index contributed by atoms with van der Waals surface area (Å²) in [6, 6.07) is 18.7. The number of hydrogen-bond donors (Lipinski definition) is 2. The van der Waals surface area contributed by atoms with E-state index in [0.717, 1.165) is 27.6 Å². The Balaban J connectivity index is 1.56. The average molecular weight is 669 g/mol. The maximum absolute atomic E-state index is 13.9. The van der Waals surface area contributed by atoms with Crippen LogP contribution in [0, 0.1) is 6.92 Å². The molecule has 0 bridgehead atoms. The van der Waals surface area contributed by atoms with Crippen LogP contribution in [0.3, 0.4) is 0 Å². The summed E-state index contributed by atoms with van der Waals surface area (Å²) in [5.41, 5.74) is 4.71. The van der Waals surface area contributed by atoms with Gasteiger partial charge in [0.25, 0.3) is 5.91 Å². The highest BCUT2D eigenvalue weighted by Crippen LogP contribution is 2.43. The van der Waals surface area contributed by atoms with Gasteiger partial charge in [0.1, 0.15) is 6.04 Å². The zero-order valence-corrected chi connectivity index (χ0v) is 26.9. The molecule has 218 valence electrons. The molecular weight excluding hydrogens is 638 g/mol. The van der Waals surface area contributed by atoms with Crippen LogP contribution in [0.2, 0.25) is 5.02 Å². The molecule has 42 heavy (non-hydrogen) atoms. The summed E-state index contributed by atoms with van der Waals surface area (Å²) in [5, 5.41) is 12.5. The molecule has 0 radical (unpaired) electrons. The summed E-state index contributed by atoms with van der Waals surface area (Å²) in [4.78, 5) is 18.7. The minimum absolute atomic E-state index is 0.247. The minimum Gasteiger partial charge on any atom is -0.493 e. The first-order valence-corrected chi connectivity index (χ1v) is 15.6. The van der Waals surface area contributed by atoms with E-state index in [4.69, 9.17) is 31.2 Å². The van der Waals surface area contributed by atoms with Gasteiger partial charge in [-0.25, -0.2) is 4.68 Å². The van der Waals surface area contributed by atoms with Crippen molar-refractivity contribution in [3.63, 3.8) is 0 Å². The number of amides is 1. The molecule has 1 unspecified atom stereocenters. The van der Waals surface area contributed by atoms with Crippen LogP contribution in [0.1, 0.15) is 43.0 Å². The van der Waals surface area contributed by atoms with Crippen LogP contribution in [-0.2, 0) is 10.5 Å². The number of allylic oxidation sites excluding steroid dienone is 1. The molecule has 1 aliphatic rings. The Morgan fingerprint density at radius 3 is 2.71 bits per heavy atom. The van der Waals surface area contributed by atoms with Crippen LogP contribution in [0.15, 0.2) is 81.6 Å². The number of halogens is 2.